The van der Waals surface area contributed by atoms with Crippen molar-refractivity contribution in [2.45, 2.75) is 70.4 Å². The lowest BCUT2D eigenvalue weighted by Crippen LogP contribution is -2.61. The van der Waals surface area contributed by atoms with Crippen LogP contribution < -0.4 is 9.47 Å². The number of aliphatic hydroxyl groups is 3. The van der Waals surface area contributed by atoms with E-state index in [-0.39, 0.29) is 47.6 Å². The average molecular weight is 528 g/mol. The van der Waals surface area contributed by atoms with Crippen LogP contribution in [0.1, 0.15) is 50.9 Å². The molecule has 2 heterocycles. The smallest absolute Gasteiger partial charge is 0.342 e. The molecule has 0 saturated carbocycles. The highest BCUT2D eigenvalue weighted by atomic mass is 16.7. The number of methoxy groups -OCH3 is 3. The van der Waals surface area contributed by atoms with Gasteiger partial charge < -0.3 is 43.7 Å². The number of aliphatic hydroxyl groups excluding tert-OH is 3. The van der Waals surface area contributed by atoms with E-state index < -0.39 is 55.7 Å². The zero-order valence-electron chi connectivity index (χ0n) is 23.8. The van der Waals surface area contributed by atoms with Crippen molar-refractivity contribution in [1.82, 2.24) is 0 Å². The number of benzene rings is 1. The molecule has 2 aliphatic heterocycles. The van der Waals surface area contributed by atoms with Crippen LogP contribution in [0, 0.1) is 6.92 Å². The van der Waals surface area contributed by atoms with E-state index in [0.29, 0.717) is 12.0 Å². The summed E-state index contributed by atoms with van der Waals surface area (Å²) in [6.45, 7) is 3.06. The number of hydrogen-bond acceptors (Lipinski definition) is 12. The van der Waals surface area contributed by atoms with Crippen molar-refractivity contribution < 1.29 is 62.2 Å². The van der Waals surface area contributed by atoms with Crippen LogP contribution in [-0.4, -0.2) is 85.2 Å². The molecule has 1 fully saturated rings. The minimum atomic E-state index is -2.91. The molecule has 0 radical (unpaired) electrons. The Labute approximate surface area is 217 Å². The molecule has 1 aromatic carbocycles. The standard InChI is InChI=1S/C25H32O12/c1-11(7-9-15(26)32-3)6-8-13-20(33-4)12(2)14-10-35-23(30)16(14)21(13)36-25-19(29)17(27)18(28)22(37-25)24(31)34-5/h6,17-19,22,25,27-29H,7-10H2,1-5H3/b11-6+/t17-,18-,19+,22-,25+/m0/s1/i4D3. The molecule has 1 saturated heterocycles. The van der Waals surface area contributed by atoms with Crippen molar-refractivity contribution >= 4 is 17.9 Å². The van der Waals surface area contributed by atoms with Crippen LogP contribution in [0.3, 0.4) is 0 Å². The lowest BCUT2D eigenvalue weighted by molar-refractivity contribution is -0.272. The number of ether oxygens (including phenoxy) is 6. The van der Waals surface area contributed by atoms with Crippen LogP contribution in [0.5, 0.6) is 11.5 Å². The van der Waals surface area contributed by atoms with E-state index in [0.717, 1.165) is 12.7 Å². The van der Waals surface area contributed by atoms with E-state index in [1.807, 2.05) is 0 Å². The molecule has 0 unspecified atom stereocenters. The van der Waals surface area contributed by atoms with Crippen molar-refractivity contribution in [1.29, 1.82) is 0 Å². The minimum absolute atomic E-state index is 0.0645. The van der Waals surface area contributed by atoms with E-state index in [2.05, 4.69) is 9.47 Å². The summed E-state index contributed by atoms with van der Waals surface area (Å²) in [4.78, 5) is 36.5. The zero-order chi connectivity index (χ0) is 29.9. The summed E-state index contributed by atoms with van der Waals surface area (Å²) < 4.78 is 54.1. The topological polar surface area (TPSA) is 167 Å². The van der Waals surface area contributed by atoms with Crippen molar-refractivity contribution in [3.8, 4) is 11.5 Å². The molecule has 204 valence electrons. The van der Waals surface area contributed by atoms with E-state index in [1.165, 1.54) is 7.11 Å². The number of cyclic esters (lactones) is 1. The van der Waals surface area contributed by atoms with Crippen LogP contribution in [-0.2, 0) is 41.6 Å². The summed E-state index contributed by atoms with van der Waals surface area (Å²) in [6, 6.07) is 0. The first-order valence-corrected chi connectivity index (χ1v) is 11.4. The van der Waals surface area contributed by atoms with Gasteiger partial charge in [-0.1, -0.05) is 11.6 Å². The van der Waals surface area contributed by atoms with Crippen LogP contribution in [0.25, 0.3) is 0 Å². The summed E-state index contributed by atoms with van der Waals surface area (Å²) in [6.07, 6.45) is -7.22. The SMILES string of the molecule is [2H]C([2H])([2H])Oc1c(C)c2c(c(O[C@@H]3O[C@H](C(=O)OC)[C@@H](O)[C@H](O)[C@H]3O)c1C/C=C(\C)CCC(=O)OC)C(=O)OC2. The van der Waals surface area contributed by atoms with Gasteiger partial charge in [0.25, 0.3) is 0 Å². The van der Waals surface area contributed by atoms with E-state index in [9.17, 15) is 29.7 Å². The fourth-order valence-electron chi connectivity index (χ4n) is 4.15. The molecule has 3 N–H and O–H groups in total. The number of carbonyl (C=O) groups excluding carboxylic acids is 3. The molecule has 0 spiro atoms. The first-order valence-electron chi connectivity index (χ1n) is 12.9. The van der Waals surface area contributed by atoms with Crippen LogP contribution >= 0.6 is 0 Å². The van der Waals surface area contributed by atoms with Gasteiger partial charge in [-0.25, -0.2) is 9.59 Å². The first-order chi connectivity index (χ1) is 18.7. The molecule has 2 aliphatic rings. The maximum atomic E-state index is 12.8. The van der Waals surface area contributed by atoms with Crippen LogP contribution in [0.2, 0.25) is 0 Å². The van der Waals surface area contributed by atoms with Crippen molar-refractivity contribution in [3.05, 3.63) is 33.9 Å². The van der Waals surface area contributed by atoms with Gasteiger partial charge in [-0.3, -0.25) is 4.79 Å². The van der Waals surface area contributed by atoms with Crippen LogP contribution in [0.15, 0.2) is 11.6 Å². The Balaban J connectivity index is 2.14. The molecular weight excluding hydrogens is 492 g/mol. The fourth-order valence-corrected chi connectivity index (χ4v) is 4.15. The van der Waals surface area contributed by atoms with Crippen LogP contribution in [0.4, 0.5) is 0 Å². The number of allylic oxidation sites excluding steroid dienone is 2. The van der Waals surface area contributed by atoms with Gasteiger partial charge >= 0.3 is 17.9 Å². The Kier molecular flexibility index (Phi) is 7.77. The summed E-state index contributed by atoms with van der Waals surface area (Å²) in [7, 11) is -0.618. The van der Waals surface area contributed by atoms with Gasteiger partial charge in [0.1, 0.15) is 42.0 Å². The highest BCUT2D eigenvalue weighted by molar-refractivity contribution is 5.98. The van der Waals surface area contributed by atoms with Crippen molar-refractivity contribution in [3.63, 3.8) is 0 Å². The molecule has 3 rings (SSSR count). The normalized spacial score (nSPS) is 26.8. The number of fused-ring (bicyclic) bond motifs is 1. The van der Waals surface area contributed by atoms with Gasteiger partial charge in [0.05, 0.1) is 25.4 Å². The molecule has 0 bridgehead atoms. The monoisotopic (exact) mass is 527 g/mol. The molecule has 37 heavy (non-hydrogen) atoms. The van der Waals surface area contributed by atoms with E-state index in [1.54, 1.807) is 19.9 Å². The molecule has 0 aliphatic carbocycles. The third kappa shape index (κ3) is 5.72. The fraction of sp³-hybridized carbons (Fsp3) is 0.560. The molecule has 5 atom stereocenters. The maximum Gasteiger partial charge on any atom is 0.342 e. The van der Waals surface area contributed by atoms with Gasteiger partial charge in [0.2, 0.25) is 6.29 Å². The van der Waals surface area contributed by atoms with Gasteiger partial charge in [0.15, 0.2) is 6.10 Å². The molecular formula is C25H32O12. The number of esters is 3. The second-order valence-corrected chi connectivity index (χ2v) is 8.66. The lowest BCUT2D eigenvalue weighted by Gasteiger charge is -2.39. The van der Waals surface area contributed by atoms with E-state index >= 15 is 0 Å². The minimum Gasteiger partial charge on any atom is -0.496 e. The molecule has 0 amide bonds. The Morgan fingerprint density at radius 2 is 1.84 bits per heavy atom. The summed E-state index contributed by atoms with van der Waals surface area (Å²) >= 11 is 0. The second kappa shape index (κ2) is 11.9. The quantitative estimate of drug-likeness (QED) is 0.231. The molecule has 0 aromatic heterocycles. The Bertz CT molecular complexity index is 1180. The number of rotatable bonds is 9. The van der Waals surface area contributed by atoms with Gasteiger partial charge in [0, 0.05) is 17.5 Å². The largest absolute Gasteiger partial charge is 0.496 e. The molecule has 12 nitrogen and oxygen atoms in total. The van der Waals surface area contributed by atoms with E-state index in [4.69, 9.17) is 23.1 Å². The Morgan fingerprint density at radius 1 is 1.11 bits per heavy atom. The predicted molar refractivity (Wildman–Crippen MR) is 125 cm³/mol. The second-order valence-electron chi connectivity index (χ2n) is 8.66. The Hall–Kier alpha value is -3.19. The molecule has 12 heteroatoms. The van der Waals surface area contributed by atoms with Crippen molar-refractivity contribution in [2.24, 2.45) is 0 Å². The summed E-state index contributed by atoms with van der Waals surface area (Å²) in [5, 5.41) is 31.2. The third-order valence-corrected chi connectivity index (χ3v) is 6.37. The highest BCUT2D eigenvalue weighted by Crippen LogP contribution is 2.44. The summed E-state index contributed by atoms with van der Waals surface area (Å²) in [5.41, 5.74) is 1.26. The lowest BCUT2D eigenvalue weighted by atomic mass is 9.94. The average Bonchev–Trinajstić information content (AvgIpc) is 3.29. The first kappa shape index (κ1) is 24.2. The molecule has 1 aromatic rings. The van der Waals surface area contributed by atoms with Gasteiger partial charge in [-0.05, 0) is 32.3 Å². The zero-order valence-corrected chi connectivity index (χ0v) is 20.8. The van der Waals surface area contributed by atoms with Gasteiger partial charge in [-0.2, -0.15) is 0 Å². The number of hydrogen-bond donors (Lipinski definition) is 3. The highest BCUT2D eigenvalue weighted by Gasteiger charge is 2.49. The van der Waals surface area contributed by atoms with Crippen molar-refractivity contribution in [2.75, 3.05) is 21.3 Å². The predicted octanol–water partition coefficient (Wildman–Crippen LogP) is 0.475. The maximum absolute atomic E-state index is 12.8. The summed E-state index contributed by atoms with van der Waals surface area (Å²) in [5.74, 6) is -2.70. The third-order valence-electron chi connectivity index (χ3n) is 6.37. The Morgan fingerprint density at radius 3 is 2.49 bits per heavy atom. The number of carbonyl (C=O) groups is 3. The van der Waals surface area contributed by atoms with Gasteiger partial charge in [-0.15, -0.1) is 0 Å².